The van der Waals surface area contributed by atoms with E-state index in [-0.39, 0.29) is 0 Å². The molecule has 0 bridgehead atoms. The lowest BCUT2D eigenvalue weighted by Gasteiger charge is -2.00. The van der Waals surface area contributed by atoms with E-state index in [2.05, 4.69) is 13.5 Å². The van der Waals surface area contributed by atoms with Crippen LogP contribution in [0.4, 0.5) is 0 Å². The van der Waals surface area contributed by atoms with Crippen LogP contribution >= 0.6 is 0 Å². The highest BCUT2D eigenvalue weighted by Crippen LogP contribution is 2.28. The molecule has 1 aliphatic heterocycles. The maximum atomic E-state index is 5.52. The molecule has 1 unspecified atom stereocenters. The van der Waals surface area contributed by atoms with Crippen LogP contribution in [0.1, 0.15) is 20.3 Å². The zero-order valence-corrected chi connectivity index (χ0v) is 7.13. The monoisotopic (exact) mass is 150 g/mol. The van der Waals surface area contributed by atoms with Crippen LogP contribution in [-0.2, 0) is 4.74 Å². The molecule has 1 fully saturated rings. The van der Waals surface area contributed by atoms with Crippen molar-refractivity contribution >= 4 is 0 Å². The van der Waals surface area contributed by atoms with E-state index in [9.17, 15) is 0 Å². The second-order valence-electron chi connectivity index (χ2n) is 2.71. The lowest BCUT2D eigenvalue weighted by atomic mass is 10.1. The van der Waals surface area contributed by atoms with Crippen molar-refractivity contribution in [3.05, 3.63) is 36.1 Å². The molecule has 0 radical (unpaired) electrons. The van der Waals surface area contributed by atoms with Crippen LogP contribution < -0.4 is 0 Å². The first-order valence-corrected chi connectivity index (χ1v) is 3.93. The largest absolute Gasteiger partial charge is 0.490 e. The van der Waals surface area contributed by atoms with Crippen molar-refractivity contribution in [2.75, 3.05) is 0 Å². The number of hydrogen-bond acceptors (Lipinski definition) is 1. The smallest absolute Gasteiger partial charge is 0.118 e. The Morgan fingerprint density at radius 1 is 1.64 bits per heavy atom. The zero-order valence-electron chi connectivity index (χ0n) is 7.13. The van der Waals surface area contributed by atoms with Gasteiger partial charge in [0.1, 0.15) is 11.9 Å². The van der Waals surface area contributed by atoms with E-state index in [0.717, 1.165) is 12.2 Å². The first-order valence-electron chi connectivity index (χ1n) is 3.93. The molecule has 11 heavy (non-hydrogen) atoms. The van der Waals surface area contributed by atoms with Crippen molar-refractivity contribution in [3.63, 3.8) is 0 Å². The fourth-order valence-corrected chi connectivity index (χ4v) is 1.29. The van der Waals surface area contributed by atoms with E-state index in [1.54, 1.807) is 6.08 Å². The van der Waals surface area contributed by atoms with Crippen LogP contribution in [0.15, 0.2) is 36.1 Å². The van der Waals surface area contributed by atoms with Gasteiger partial charge in [0.25, 0.3) is 0 Å². The Bertz CT molecular complexity index is 211. The summed E-state index contributed by atoms with van der Waals surface area (Å²) in [6, 6.07) is 0. The number of ether oxygens (including phenoxy) is 1. The van der Waals surface area contributed by atoms with Crippen LogP contribution in [0.25, 0.3) is 0 Å². The highest BCUT2D eigenvalue weighted by atomic mass is 16.5. The summed E-state index contributed by atoms with van der Waals surface area (Å²) in [5, 5.41) is 0. The normalized spacial score (nSPS) is 30.9. The first-order chi connectivity index (χ1) is 5.27. The van der Waals surface area contributed by atoms with Crippen LogP contribution in [0.2, 0.25) is 0 Å². The molecule has 0 spiro atoms. The second-order valence-corrected chi connectivity index (χ2v) is 2.71. The molecule has 0 aromatic heterocycles. The van der Waals surface area contributed by atoms with E-state index in [1.807, 2.05) is 19.1 Å². The van der Waals surface area contributed by atoms with Crippen molar-refractivity contribution in [2.24, 2.45) is 0 Å². The van der Waals surface area contributed by atoms with Gasteiger partial charge in [-0.2, -0.15) is 0 Å². The molecule has 0 aromatic carbocycles. The van der Waals surface area contributed by atoms with Gasteiger partial charge in [0, 0.05) is 6.42 Å². The summed E-state index contributed by atoms with van der Waals surface area (Å²) >= 11 is 0. The fourth-order valence-electron chi connectivity index (χ4n) is 1.29. The average molecular weight is 150 g/mol. The molecular formula is C10H14O. The lowest BCUT2D eigenvalue weighted by molar-refractivity contribution is 0.178. The molecule has 1 heterocycles. The molecule has 60 valence electrons. The molecule has 1 nitrogen and oxygen atoms in total. The maximum absolute atomic E-state index is 5.52. The highest BCUT2D eigenvalue weighted by Gasteiger charge is 2.19. The van der Waals surface area contributed by atoms with Crippen molar-refractivity contribution in [3.8, 4) is 0 Å². The number of allylic oxidation sites excluding steroid dienone is 4. The van der Waals surface area contributed by atoms with Crippen molar-refractivity contribution in [1.29, 1.82) is 0 Å². The minimum Gasteiger partial charge on any atom is -0.490 e. The van der Waals surface area contributed by atoms with Crippen LogP contribution in [0.5, 0.6) is 0 Å². The van der Waals surface area contributed by atoms with Gasteiger partial charge in [-0.25, -0.2) is 0 Å². The Morgan fingerprint density at radius 3 is 2.91 bits per heavy atom. The summed E-state index contributed by atoms with van der Waals surface area (Å²) in [5.74, 6) is 1.01. The SMILES string of the molecule is C=C/C=C1/CC(C)O/C1=C/C. The Balaban J connectivity index is 2.81. The number of rotatable bonds is 1. The Hall–Kier alpha value is -0.980. The number of hydrogen-bond donors (Lipinski definition) is 0. The first kappa shape index (κ1) is 8.12. The highest BCUT2D eigenvalue weighted by molar-refractivity contribution is 5.32. The van der Waals surface area contributed by atoms with Crippen LogP contribution in [0.3, 0.4) is 0 Å². The van der Waals surface area contributed by atoms with Gasteiger partial charge in [-0.3, -0.25) is 0 Å². The predicted molar refractivity (Wildman–Crippen MR) is 47.2 cm³/mol. The van der Waals surface area contributed by atoms with E-state index in [4.69, 9.17) is 4.74 Å². The quantitative estimate of drug-likeness (QED) is 0.558. The summed E-state index contributed by atoms with van der Waals surface area (Å²) in [6.45, 7) is 7.73. The zero-order chi connectivity index (χ0) is 8.27. The van der Waals surface area contributed by atoms with Gasteiger partial charge < -0.3 is 4.74 Å². The van der Waals surface area contributed by atoms with E-state index >= 15 is 0 Å². The standard InChI is InChI=1S/C10H14O/c1-4-6-9-7-8(3)11-10(9)5-2/h4-6,8H,1,7H2,2-3H3/b9-6-,10-5+. The Labute approximate surface area is 68.1 Å². The predicted octanol–water partition coefficient (Wildman–Crippen LogP) is 2.81. The molecule has 0 aliphatic carbocycles. The van der Waals surface area contributed by atoms with Gasteiger partial charge in [-0.1, -0.05) is 18.7 Å². The lowest BCUT2D eigenvalue weighted by Crippen LogP contribution is -1.94. The van der Waals surface area contributed by atoms with Crippen molar-refractivity contribution in [2.45, 2.75) is 26.4 Å². The van der Waals surface area contributed by atoms with E-state index < -0.39 is 0 Å². The topological polar surface area (TPSA) is 9.23 Å². The third kappa shape index (κ3) is 1.73. The maximum Gasteiger partial charge on any atom is 0.118 e. The molecule has 1 heteroatoms. The molecule has 0 saturated carbocycles. The molecule has 0 aromatic rings. The summed E-state index contributed by atoms with van der Waals surface area (Å²) < 4.78 is 5.52. The third-order valence-electron chi connectivity index (χ3n) is 1.73. The van der Waals surface area contributed by atoms with Gasteiger partial charge >= 0.3 is 0 Å². The summed E-state index contributed by atoms with van der Waals surface area (Å²) in [6.07, 6.45) is 7.15. The van der Waals surface area contributed by atoms with E-state index in [0.29, 0.717) is 6.10 Å². The average Bonchev–Trinajstić information content (AvgIpc) is 2.32. The third-order valence-corrected chi connectivity index (χ3v) is 1.73. The van der Waals surface area contributed by atoms with Crippen molar-refractivity contribution < 1.29 is 4.74 Å². The summed E-state index contributed by atoms with van der Waals surface area (Å²) in [4.78, 5) is 0. The van der Waals surface area contributed by atoms with Gasteiger partial charge in [0.15, 0.2) is 0 Å². The molecule has 0 amide bonds. The Morgan fingerprint density at radius 2 is 2.36 bits per heavy atom. The van der Waals surface area contributed by atoms with Gasteiger partial charge in [0.05, 0.1) is 0 Å². The molecule has 1 atom stereocenters. The fraction of sp³-hybridized carbons (Fsp3) is 0.400. The van der Waals surface area contributed by atoms with Crippen molar-refractivity contribution in [1.82, 2.24) is 0 Å². The van der Waals surface area contributed by atoms with Crippen LogP contribution in [-0.4, -0.2) is 6.10 Å². The van der Waals surface area contributed by atoms with Crippen LogP contribution in [0, 0.1) is 0 Å². The van der Waals surface area contributed by atoms with Gasteiger partial charge in [-0.15, -0.1) is 0 Å². The van der Waals surface area contributed by atoms with Gasteiger partial charge in [-0.05, 0) is 25.5 Å². The Kier molecular flexibility index (Phi) is 2.53. The van der Waals surface area contributed by atoms with Gasteiger partial charge in [0.2, 0.25) is 0 Å². The molecule has 1 rings (SSSR count). The molecule has 1 saturated heterocycles. The minimum absolute atomic E-state index is 0.326. The molecular weight excluding hydrogens is 136 g/mol. The minimum atomic E-state index is 0.326. The van der Waals surface area contributed by atoms with E-state index in [1.165, 1.54) is 5.57 Å². The molecule has 1 aliphatic rings. The second kappa shape index (κ2) is 3.42. The molecule has 0 N–H and O–H groups in total. The summed E-state index contributed by atoms with van der Waals surface area (Å²) in [7, 11) is 0. The summed E-state index contributed by atoms with van der Waals surface area (Å²) in [5.41, 5.74) is 1.26.